The maximum absolute atomic E-state index is 5.11. The van der Waals surface area contributed by atoms with Crippen molar-refractivity contribution in [3.8, 4) is 33.9 Å². The summed E-state index contributed by atoms with van der Waals surface area (Å²) in [7, 11) is 0. The Morgan fingerprint density at radius 3 is 2.04 bits per heavy atom. The minimum absolute atomic E-state index is 0.0821. The Labute approximate surface area is 273 Å². The van der Waals surface area contributed by atoms with Crippen LogP contribution in [-0.2, 0) is 5.41 Å². The first-order valence-electron chi connectivity index (χ1n) is 16.3. The van der Waals surface area contributed by atoms with Crippen molar-refractivity contribution in [1.29, 1.82) is 0 Å². The van der Waals surface area contributed by atoms with Crippen LogP contribution in [0, 0.1) is 0 Å². The highest BCUT2D eigenvalue weighted by molar-refractivity contribution is 6.24. The summed E-state index contributed by atoms with van der Waals surface area (Å²) in [5, 5.41) is 5.25. The highest BCUT2D eigenvalue weighted by Gasteiger charge is 2.35. The Hall–Kier alpha value is -5.93. The number of aromatic nitrogens is 3. The molecule has 10 rings (SSSR count). The van der Waals surface area contributed by atoms with Crippen LogP contribution in [0.2, 0.25) is 0 Å². The van der Waals surface area contributed by atoms with Crippen LogP contribution in [0.25, 0.3) is 77.5 Å². The van der Waals surface area contributed by atoms with E-state index in [9.17, 15) is 0 Å². The Morgan fingerprint density at radius 2 is 1.19 bits per heavy atom. The van der Waals surface area contributed by atoms with Gasteiger partial charge in [0.15, 0.2) is 0 Å². The fraction of sp³-hybridized carbons (Fsp3) is 0.0682. The van der Waals surface area contributed by atoms with Gasteiger partial charge in [-0.1, -0.05) is 105 Å². The molecule has 0 fully saturated rings. The summed E-state index contributed by atoms with van der Waals surface area (Å²) >= 11 is 0. The van der Waals surface area contributed by atoms with Crippen LogP contribution in [0.15, 0.2) is 152 Å². The topological polar surface area (TPSA) is 22.8 Å². The Morgan fingerprint density at radius 1 is 0.511 bits per heavy atom. The smallest absolute Gasteiger partial charge is 0.145 e. The molecule has 2 heterocycles. The van der Waals surface area contributed by atoms with Crippen LogP contribution in [-0.4, -0.2) is 14.1 Å². The molecule has 0 saturated heterocycles. The molecule has 0 unspecified atom stereocenters. The van der Waals surface area contributed by atoms with Gasteiger partial charge in [0.2, 0.25) is 0 Å². The number of imidazole rings is 1. The van der Waals surface area contributed by atoms with Gasteiger partial charge in [-0.2, -0.15) is 0 Å². The van der Waals surface area contributed by atoms with E-state index < -0.39 is 0 Å². The summed E-state index contributed by atoms with van der Waals surface area (Å²) in [4.78, 5) is 5.11. The van der Waals surface area contributed by atoms with E-state index in [1.54, 1.807) is 0 Å². The van der Waals surface area contributed by atoms with Crippen molar-refractivity contribution in [2.45, 2.75) is 19.3 Å². The minimum Gasteiger partial charge on any atom is -0.309 e. The molecule has 222 valence electrons. The predicted molar refractivity (Wildman–Crippen MR) is 196 cm³/mol. The first-order chi connectivity index (χ1) is 23.1. The lowest BCUT2D eigenvalue weighted by atomic mass is 9.68. The molecule has 0 spiro atoms. The molecule has 9 aromatic rings. The maximum Gasteiger partial charge on any atom is 0.145 e. The molecule has 47 heavy (non-hydrogen) atoms. The number of nitrogens with zero attached hydrogens (tertiary/aromatic N) is 3. The Bertz CT molecular complexity index is 2690. The van der Waals surface area contributed by atoms with Gasteiger partial charge >= 0.3 is 0 Å². The molecule has 7 aromatic carbocycles. The van der Waals surface area contributed by atoms with E-state index >= 15 is 0 Å². The second-order valence-corrected chi connectivity index (χ2v) is 13.2. The maximum atomic E-state index is 5.11. The number of fused-ring (bicyclic) bond motifs is 7. The van der Waals surface area contributed by atoms with Crippen molar-refractivity contribution < 1.29 is 0 Å². The standard InChI is InChI=1S/C44H31N3/c1-44(2)34-18-8-6-16-32(34)42-40-29(13-12-19-35(40)44)27-39-41(42)33-17-7-10-21-37(33)46(39)31-25-23-28(24-26-31)43-45-36-20-9-11-22-38(36)47(43)30-14-4-3-5-15-30/h3-27H,1-2H3. The van der Waals surface area contributed by atoms with Crippen molar-refractivity contribution in [2.75, 3.05) is 0 Å². The van der Waals surface area contributed by atoms with Crippen molar-refractivity contribution in [2.24, 2.45) is 0 Å². The molecule has 0 aliphatic heterocycles. The normalized spacial score (nSPS) is 13.5. The average molecular weight is 602 g/mol. The second-order valence-electron chi connectivity index (χ2n) is 13.2. The fourth-order valence-corrected chi connectivity index (χ4v) is 8.18. The van der Waals surface area contributed by atoms with Crippen LogP contribution in [0.3, 0.4) is 0 Å². The predicted octanol–water partition coefficient (Wildman–Crippen LogP) is 11.2. The third-order valence-electron chi connectivity index (χ3n) is 10.3. The zero-order valence-corrected chi connectivity index (χ0v) is 26.3. The lowest BCUT2D eigenvalue weighted by Crippen LogP contribution is -2.23. The summed E-state index contributed by atoms with van der Waals surface area (Å²) in [5.41, 5.74) is 13.2. The Balaban J connectivity index is 1.24. The number of benzene rings is 7. The van der Waals surface area contributed by atoms with Crippen molar-refractivity contribution in [1.82, 2.24) is 14.1 Å². The van der Waals surface area contributed by atoms with Crippen molar-refractivity contribution in [3.05, 3.63) is 163 Å². The van der Waals surface area contributed by atoms with E-state index in [1.807, 2.05) is 0 Å². The second kappa shape index (κ2) is 9.54. The third-order valence-corrected chi connectivity index (χ3v) is 10.3. The van der Waals surface area contributed by atoms with E-state index in [0.29, 0.717) is 0 Å². The van der Waals surface area contributed by atoms with E-state index in [1.165, 1.54) is 54.8 Å². The monoisotopic (exact) mass is 601 g/mol. The lowest BCUT2D eigenvalue weighted by molar-refractivity contribution is 0.645. The van der Waals surface area contributed by atoms with Crippen LogP contribution in [0.5, 0.6) is 0 Å². The molecule has 3 nitrogen and oxygen atoms in total. The number of para-hydroxylation sites is 4. The van der Waals surface area contributed by atoms with Gasteiger partial charge in [-0.25, -0.2) is 4.98 Å². The van der Waals surface area contributed by atoms with Gasteiger partial charge in [-0.3, -0.25) is 4.57 Å². The first kappa shape index (κ1) is 26.3. The van der Waals surface area contributed by atoms with E-state index in [0.717, 1.165) is 33.8 Å². The number of hydrogen-bond acceptors (Lipinski definition) is 1. The van der Waals surface area contributed by atoms with Crippen LogP contribution >= 0.6 is 0 Å². The van der Waals surface area contributed by atoms with Gasteiger partial charge in [-0.15, -0.1) is 0 Å². The number of hydrogen-bond donors (Lipinski definition) is 0. The molecule has 0 atom stereocenters. The van der Waals surface area contributed by atoms with Gasteiger partial charge in [-0.05, 0) is 88.1 Å². The summed E-state index contributed by atoms with van der Waals surface area (Å²) < 4.78 is 4.71. The van der Waals surface area contributed by atoms with Crippen LogP contribution in [0.4, 0.5) is 0 Å². The summed E-state index contributed by atoms with van der Waals surface area (Å²) in [6.07, 6.45) is 0. The quantitative estimate of drug-likeness (QED) is 0.198. The van der Waals surface area contributed by atoms with E-state index in [2.05, 4.69) is 175 Å². The Kier molecular flexibility index (Phi) is 5.34. The van der Waals surface area contributed by atoms with Crippen LogP contribution in [0.1, 0.15) is 25.0 Å². The molecule has 1 aliphatic carbocycles. The van der Waals surface area contributed by atoms with Gasteiger partial charge in [0.05, 0.1) is 22.1 Å². The highest BCUT2D eigenvalue weighted by Crippen LogP contribution is 2.52. The zero-order valence-electron chi connectivity index (χ0n) is 26.3. The molecule has 2 aromatic heterocycles. The molecular formula is C44H31N3. The van der Waals surface area contributed by atoms with Gasteiger partial charge in [0.25, 0.3) is 0 Å². The molecular weight excluding hydrogens is 571 g/mol. The average Bonchev–Trinajstić information content (AvgIpc) is 3.67. The largest absolute Gasteiger partial charge is 0.309 e. The summed E-state index contributed by atoms with van der Waals surface area (Å²) in [5.74, 6) is 0.938. The lowest BCUT2D eigenvalue weighted by Gasteiger charge is -2.35. The highest BCUT2D eigenvalue weighted by atomic mass is 15.1. The SMILES string of the molecule is CC1(C)c2ccccc2-c2c3c1cccc3cc1c2c2ccccc2n1-c1ccc(-c2nc3ccccc3n2-c2ccccc2)cc1. The van der Waals surface area contributed by atoms with E-state index in [-0.39, 0.29) is 5.41 Å². The molecule has 0 saturated carbocycles. The number of rotatable bonds is 3. The summed E-state index contributed by atoms with van der Waals surface area (Å²) in [6, 6.07) is 54.9. The fourth-order valence-electron chi connectivity index (χ4n) is 8.18. The third kappa shape index (κ3) is 3.60. The molecule has 0 N–H and O–H groups in total. The van der Waals surface area contributed by atoms with Crippen molar-refractivity contribution >= 4 is 43.6 Å². The summed E-state index contributed by atoms with van der Waals surface area (Å²) in [6.45, 7) is 4.73. The zero-order chi connectivity index (χ0) is 31.3. The van der Waals surface area contributed by atoms with Gasteiger partial charge < -0.3 is 4.57 Å². The van der Waals surface area contributed by atoms with Crippen molar-refractivity contribution in [3.63, 3.8) is 0 Å². The minimum atomic E-state index is -0.0821. The molecule has 0 amide bonds. The van der Waals surface area contributed by atoms with Gasteiger partial charge in [0.1, 0.15) is 5.82 Å². The molecule has 1 aliphatic rings. The first-order valence-corrected chi connectivity index (χ1v) is 16.3. The van der Waals surface area contributed by atoms with Gasteiger partial charge in [0, 0.05) is 38.7 Å². The van der Waals surface area contributed by atoms with Crippen LogP contribution < -0.4 is 0 Å². The molecule has 3 heteroatoms. The molecule has 0 radical (unpaired) electrons. The molecule has 0 bridgehead atoms. The van der Waals surface area contributed by atoms with E-state index in [4.69, 9.17) is 4.98 Å².